The zero-order valence-electron chi connectivity index (χ0n) is 11.0. The van der Waals surface area contributed by atoms with Crippen molar-refractivity contribution >= 4 is 6.03 Å². The highest BCUT2D eigenvalue weighted by Crippen LogP contribution is 2.34. The molecular weight excluding hydrogens is 236 g/mol. The molecule has 6 nitrogen and oxygen atoms in total. The van der Waals surface area contributed by atoms with E-state index in [0.717, 1.165) is 5.56 Å². The number of benzene rings is 1. The number of hydrogen-bond acceptors (Lipinski definition) is 4. The quantitative estimate of drug-likeness (QED) is 0.857. The number of ether oxygens (including phenoxy) is 3. The average Bonchev–Trinajstić information content (AvgIpc) is 2.38. The van der Waals surface area contributed by atoms with Crippen molar-refractivity contribution in [3.05, 3.63) is 17.7 Å². The average molecular weight is 254 g/mol. The van der Waals surface area contributed by atoms with Gasteiger partial charge in [-0.3, -0.25) is 0 Å². The highest BCUT2D eigenvalue weighted by Gasteiger charge is 2.16. The Balaban J connectivity index is 3.18. The Morgan fingerprint density at radius 2 is 1.67 bits per heavy atom. The van der Waals surface area contributed by atoms with E-state index in [1.165, 1.54) is 4.90 Å². The van der Waals surface area contributed by atoms with Gasteiger partial charge in [-0.25, -0.2) is 4.79 Å². The maximum Gasteiger partial charge on any atom is 0.314 e. The van der Waals surface area contributed by atoms with Crippen molar-refractivity contribution in [3.63, 3.8) is 0 Å². The summed E-state index contributed by atoms with van der Waals surface area (Å²) in [6.45, 7) is 0.297. The molecule has 1 aromatic rings. The molecule has 0 fully saturated rings. The molecule has 0 radical (unpaired) electrons. The van der Waals surface area contributed by atoms with Crippen LogP contribution in [0.25, 0.3) is 0 Å². The number of nitrogens with two attached hydrogens (primary N) is 1. The van der Waals surface area contributed by atoms with Crippen molar-refractivity contribution in [2.45, 2.75) is 6.54 Å². The molecule has 0 saturated carbocycles. The summed E-state index contributed by atoms with van der Waals surface area (Å²) in [4.78, 5) is 12.4. The molecule has 0 atom stereocenters. The summed E-state index contributed by atoms with van der Waals surface area (Å²) in [5, 5.41) is 0. The van der Waals surface area contributed by atoms with Gasteiger partial charge in [-0.05, 0) is 0 Å². The van der Waals surface area contributed by atoms with Crippen molar-refractivity contribution in [1.82, 2.24) is 4.90 Å². The van der Waals surface area contributed by atoms with Crippen molar-refractivity contribution in [3.8, 4) is 17.2 Å². The van der Waals surface area contributed by atoms with Crippen LogP contribution in [0.3, 0.4) is 0 Å². The molecule has 2 N–H and O–H groups in total. The molecule has 0 aliphatic rings. The van der Waals surface area contributed by atoms with E-state index in [-0.39, 0.29) is 0 Å². The van der Waals surface area contributed by atoms with Crippen molar-refractivity contribution in [2.75, 3.05) is 28.4 Å². The topological polar surface area (TPSA) is 74.0 Å². The summed E-state index contributed by atoms with van der Waals surface area (Å²) in [6.07, 6.45) is 0. The minimum absolute atomic E-state index is 0.297. The lowest BCUT2D eigenvalue weighted by Gasteiger charge is -2.19. The number of amides is 2. The molecule has 0 aliphatic heterocycles. The van der Waals surface area contributed by atoms with Gasteiger partial charge < -0.3 is 24.8 Å². The van der Waals surface area contributed by atoms with E-state index in [0.29, 0.717) is 23.8 Å². The molecule has 0 bridgehead atoms. The highest BCUT2D eigenvalue weighted by atomic mass is 16.5. The first-order chi connectivity index (χ1) is 8.53. The monoisotopic (exact) mass is 254 g/mol. The van der Waals surface area contributed by atoms with Crippen LogP contribution in [-0.4, -0.2) is 39.3 Å². The van der Waals surface area contributed by atoms with Crippen LogP contribution < -0.4 is 19.9 Å². The summed E-state index contributed by atoms with van der Waals surface area (Å²) >= 11 is 0. The lowest BCUT2D eigenvalue weighted by Crippen LogP contribution is -2.31. The Morgan fingerprint density at radius 3 is 2.00 bits per heavy atom. The van der Waals surface area contributed by atoms with Crippen LogP contribution >= 0.6 is 0 Å². The first-order valence-electron chi connectivity index (χ1n) is 5.33. The lowest BCUT2D eigenvalue weighted by molar-refractivity contribution is 0.215. The third-order valence-corrected chi connectivity index (χ3v) is 2.59. The number of carbonyl (C=O) groups excluding carboxylic acids is 1. The Kier molecular flexibility index (Phi) is 4.65. The fourth-order valence-corrected chi connectivity index (χ4v) is 1.55. The molecule has 0 spiro atoms. The van der Waals surface area contributed by atoms with Crippen molar-refractivity contribution in [1.29, 1.82) is 0 Å². The van der Waals surface area contributed by atoms with E-state index in [4.69, 9.17) is 19.9 Å². The fraction of sp³-hybridized carbons (Fsp3) is 0.417. The summed E-state index contributed by atoms with van der Waals surface area (Å²) in [7, 11) is 6.25. The van der Waals surface area contributed by atoms with Gasteiger partial charge in [0, 0.05) is 19.2 Å². The molecule has 0 aliphatic carbocycles. The second-order valence-corrected chi connectivity index (χ2v) is 3.70. The fourth-order valence-electron chi connectivity index (χ4n) is 1.55. The third-order valence-electron chi connectivity index (χ3n) is 2.59. The Bertz CT molecular complexity index is 409. The van der Waals surface area contributed by atoms with E-state index < -0.39 is 6.03 Å². The first-order valence-corrected chi connectivity index (χ1v) is 5.33. The second kappa shape index (κ2) is 6.00. The minimum atomic E-state index is -0.519. The first kappa shape index (κ1) is 14.0. The second-order valence-electron chi connectivity index (χ2n) is 3.70. The predicted octanol–water partition coefficient (Wildman–Crippen LogP) is 1.22. The number of methoxy groups -OCH3 is 3. The standard InChI is InChI=1S/C12H18N2O4/c1-14(12(13)15)7-9-10(17-3)5-8(16-2)6-11(9)18-4/h5-6H,7H2,1-4H3,(H2,13,15). The normalized spacial score (nSPS) is 9.78. The van der Waals surface area contributed by atoms with E-state index in [9.17, 15) is 4.79 Å². The SMILES string of the molecule is COc1cc(OC)c(CN(C)C(N)=O)c(OC)c1. The van der Waals surface area contributed by atoms with E-state index in [2.05, 4.69) is 0 Å². The summed E-state index contributed by atoms with van der Waals surface area (Å²) in [6, 6.07) is 2.94. The Morgan fingerprint density at radius 1 is 1.17 bits per heavy atom. The lowest BCUT2D eigenvalue weighted by atomic mass is 10.1. The zero-order valence-corrected chi connectivity index (χ0v) is 11.0. The molecule has 2 amide bonds. The van der Waals surface area contributed by atoms with Gasteiger partial charge in [-0.1, -0.05) is 0 Å². The van der Waals surface area contributed by atoms with E-state index in [1.54, 1.807) is 40.5 Å². The third kappa shape index (κ3) is 2.97. The molecule has 0 saturated heterocycles. The van der Waals surface area contributed by atoms with Crippen LogP contribution in [0.5, 0.6) is 17.2 Å². The smallest absolute Gasteiger partial charge is 0.314 e. The number of nitrogens with zero attached hydrogens (tertiary/aromatic N) is 1. The molecule has 1 rings (SSSR count). The molecule has 0 heterocycles. The number of rotatable bonds is 5. The van der Waals surface area contributed by atoms with Gasteiger partial charge in [0.25, 0.3) is 0 Å². The molecule has 18 heavy (non-hydrogen) atoms. The van der Waals surface area contributed by atoms with Gasteiger partial charge >= 0.3 is 6.03 Å². The predicted molar refractivity (Wildman–Crippen MR) is 67.1 cm³/mol. The van der Waals surface area contributed by atoms with Crippen LogP contribution in [0.4, 0.5) is 4.79 Å². The highest BCUT2D eigenvalue weighted by molar-refractivity contribution is 5.72. The van der Waals surface area contributed by atoms with Gasteiger partial charge in [0.05, 0.1) is 33.4 Å². The van der Waals surface area contributed by atoms with Gasteiger partial charge in [0.1, 0.15) is 17.2 Å². The van der Waals surface area contributed by atoms with Crippen molar-refractivity contribution < 1.29 is 19.0 Å². The Hall–Kier alpha value is -2.11. The van der Waals surface area contributed by atoms with Crippen LogP contribution in [0.15, 0.2) is 12.1 Å². The minimum Gasteiger partial charge on any atom is -0.496 e. The van der Waals surface area contributed by atoms with E-state index >= 15 is 0 Å². The number of carbonyl (C=O) groups is 1. The van der Waals surface area contributed by atoms with Crippen LogP contribution in [0.2, 0.25) is 0 Å². The molecule has 1 aromatic carbocycles. The molecule has 0 unspecified atom stereocenters. The van der Waals surface area contributed by atoms with Crippen molar-refractivity contribution in [2.24, 2.45) is 5.73 Å². The van der Waals surface area contributed by atoms with Gasteiger partial charge in [0.2, 0.25) is 0 Å². The number of hydrogen-bond donors (Lipinski definition) is 1. The molecule has 100 valence electrons. The summed E-state index contributed by atoms with van der Waals surface area (Å²) in [5.74, 6) is 1.78. The number of urea groups is 1. The summed E-state index contributed by atoms with van der Waals surface area (Å²) < 4.78 is 15.7. The van der Waals surface area contributed by atoms with Crippen LogP contribution in [0.1, 0.15) is 5.56 Å². The van der Waals surface area contributed by atoms with Gasteiger partial charge in [0.15, 0.2) is 0 Å². The molecular formula is C12H18N2O4. The van der Waals surface area contributed by atoms with Crippen LogP contribution in [0, 0.1) is 0 Å². The maximum atomic E-state index is 11.1. The molecule has 0 aromatic heterocycles. The zero-order chi connectivity index (χ0) is 13.7. The van der Waals surface area contributed by atoms with Crippen LogP contribution in [-0.2, 0) is 6.54 Å². The summed E-state index contributed by atoms with van der Waals surface area (Å²) in [5.41, 5.74) is 5.94. The molecule has 6 heteroatoms. The number of primary amides is 1. The maximum absolute atomic E-state index is 11.1. The van der Waals surface area contributed by atoms with Gasteiger partial charge in [-0.15, -0.1) is 0 Å². The Labute approximate surface area is 106 Å². The van der Waals surface area contributed by atoms with Gasteiger partial charge in [-0.2, -0.15) is 0 Å². The largest absolute Gasteiger partial charge is 0.496 e. The van der Waals surface area contributed by atoms with E-state index in [1.807, 2.05) is 0 Å².